The number of nitro benzene ring substituents is 1. The lowest BCUT2D eigenvalue weighted by Crippen LogP contribution is -2.29. The van der Waals surface area contributed by atoms with Crippen molar-refractivity contribution in [1.29, 1.82) is 0 Å². The Balaban J connectivity index is 2.07. The van der Waals surface area contributed by atoms with Gasteiger partial charge in [0.25, 0.3) is 5.69 Å². The van der Waals surface area contributed by atoms with Gasteiger partial charge in [0.05, 0.1) is 4.92 Å². The van der Waals surface area contributed by atoms with Crippen LogP contribution in [-0.4, -0.2) is 15.9 Å². The van der Waals surface area contributed by atoms with Gasteiger partial charge in [-0.2, -0.15) is 0 Å². The van der Waals surface area contributed by atoms with Crippen LogP contribution in [0.25, 0.3) is 0 Å². The summed E-state index contributed by atoms with van der Waals surface area (Å²) in [5.41, 5.74) is 2.50. The molecule has 0 saturated carbocycles. The van der Waals surface area contributed by atoms with E-state index in [-0.39, 0.29) is 10.6 Å². The van der Waals surface area contributed by atoms with E-state index in [1.54, 1.807) is 12.1 Å². The first-order valence-electron chi connectivity index (χ1n) is 7.07. The first-order chi connectivity index (χ1) is 10.1. The van der Waals surface area contributed by atoms with Gasteiger partial charge in [0.1, 0.15) is 0 Å². The second kappa shape index (κ2) is 6.99. The summed E-state index contributed by atoms with van der Waals surface area (Å²) in [5.74, 6) is 0. The maximum atomic E-state index is 10.7. The van der Waals surface area contributed by atoms with Crippen molar-refractivity contribution in [2.75, 3.05) is 0 Å². The van der Waals surface area contributed by atoms with Gasteiger partial charge in [-0.15, -0.1) is 0 Å². The topological polar surface area (TPSA) is 46.4 Å². The van der Waals surface area contributed by atoms with Crippen molar-refractivity contribution in [2.24, 2.45) is 0 Å². The van der Waals surface area contributed by atoms with Crippen LogP contribution in [0.5, 0.6) is 0 Å². The molecule has 4 heteroatoms. The van der Waals surface area contributed by atoms with Crippen LogP contribution in [0.1, 0.15) is 25.0 Å². The predicted octanol–water partition coefficient (Wildman–Crippen LogP) is 4.01. The van der Waals surface area contributed by atoms with Gasteiger partial charge >= 0.3 is 0 Å². The van der Waals surface area contributed by atoms with Gasteiger partial charge in [-0.05, 0) is 25.0 Å². The highest BCUT2D eigenvalue weighted by Crippen LogP contribution is 2.16. The highest BCUT2D eigenvalue weighted by Gasteiger charge is 2.12. The Morgan fingerprint density at radius 2 is 1.48 bits per heavy atom. The van der Waals surface area contributed by atoms with Crippen LogP contribution in [0.3, 0.4) is 0 Å². The molecule has 0 aliphatic rings. The Morgan fingerprint density at radius 1 is 0.952 bits per heavy atom. The van der Waals surface area contributed by atoms with Crippen molar-refractivity contribution in [3.8, 4) is 0 Å². The maximum absolute atomic E-state index is 10.7. The summed E-state index contributed by atoms with van der Waals surface area (Å²) < 4.78 is 0. The minimum absolute atomic E-state index is 0.137. The van der Waals surface area contributed by atoms with E-state index < -0.39 is 0 Å². The molecule has 0 aliphatic heterocycles. The molecule has 0 saturated heterocycles. The van der Waals surface area contributed by atoms with E-state index in [0.717, 1.165) is 18.7 Å². The van der Waals surface area contributed by atoms with Crippen LogP contribution in [0.15, 0.2) is 54.6 Å². The number of benzene rings is 2. The monoisotopic (exact) mass is 284 g/mol. The lowest BCUT2D eigenvalue weighted by molar-refractivity contribution is -0.384. The lowest BCUT2D eigenvalue weighted by Gasteiger charge is -2.26. The second-order valence-electron chi connectivity index (χ2n) is 5.41. The number of hydrogen-bond acceptors (Lipinski definition) is 3. The summed E-state index contributed by atoms with van der Waals surface area (Å²) in [7, 11) is 0. The van der Waals surface area contributed by atoms with Crippen LogP contribution >= 0.6 is 0 Å². The predicted molar refractivity (Wildman–Crippen MR) is 83.9 cm³/mol. The summed E-state index contributed by atoms with van der Waals surface area (Å²) in [6.45, 7) is 5.97. The quantitative estimate of drug-likeness (QED) is 0.595. The van der Waals surface area contributed by atoms with Crippen LogP contribution in [0, 0.1) is 10.1 Å². The normalized spacial score (nSPS) is 11.0. The van der Waals surface area contributed by atoms with Crippen molar-refractivity contribution in [1.82, 2.24) is 4.90 Å². The number of nitro groups is 1. The van der Waals surface area contributed by atoms with Crippen LogP contribution in [0.2, 0.25) is 0 Å². The second-order valence-corrected chi connectivity index (χ2v) is 5.41. The van der Waals surface area contributed by atoms with E-state index in [4.69, 9.17) is 0 Å². The fourth-order valence-electron chi connectivity index (χ4n) is 2.20. The molecular formula is C17H20N2O2. The summed E-state index contributed by atoms with van der Waals surface area (Å²) in [4.78, 5) is 12.7. The molecule has 0 unspecified atom stereocenters. The molecule has 0 aliphatic carbocycles. The standard InChI is InChI=1S/C17H20N2O2/c1-14(2)18(12-15-6-4-3-5-7-15)13-16-8-10-17(11-9-16)19(20)21/h3-11,14H,12-13H2,1-2H3. The number of rotatable bonds is 6. The molecule has 0 atom stereocenters. The highest BCUT2D eigenvalue weighted by molar-refractivity contribution is 5.32. The summed E-state index contributed by atoms with van der Waals surface area (Å²) in [6, 6.07) is 17.5. The van der Waals surface area contributed by atoms with E-state index in [2.05, 4.69) is 30.9 Å². The van der Waals surface area contributed by atoms with Crippen LogP contribution in [0.4, 0.5) is 5.69 Å². The third-order valence-corrected chi connectivity index (χ3v) is 3.49. The Kier molecular flexibility index (Phi) is 5.06. The molecule has 0 fully saturated rings. The zero-order chi connectivity index (χ0) is 15.2. The molecule has 0 N–H and O–H groups in total. The first-order valence-corrected chi connectivity index (χ1v) is 7.07. The minimum atomic E-state index is -0.367. The minimum Gasteiger partial charge on any atom is -0.292 e. The van der Waals surface area contributed by atoms with Crippen molar-refractivity contribution >= 4 is 5.69 Å². The first kappa shape index (κ1) is 15.2. The Morgan fingerprint density at radius 3 is 1.95 bits per heavy atom. The summed E-state index contributed by atoms with van der Waals surface area (Å²) >= 11 is 0. The number of nitrogens with zero attached hydrogens (tertiary/aromatic N) is 2. The van der Waals surface area contributed by atoms with Crippen LogP contribution < -0.4 is 0 Å². The maximum Gasteiger partial charge on any atom is 0.269 e. The molecule has 21 heavy (non-hydrogen) atoms. The van der Waals surface area contributed by atoms with E-state index in [9.17, 15) is 10.1 Å². The molecule has 0 spiro atoms. The van der Waals surface area contributed by atoms with Crippen molar-refractivity contribution in [3.63, 3.8) is 0 Å². The molecule has 110 valence electrons. The van der Waals surface area contributed by atoms with Gasteiger partial charge in [0, 0.05) is 31.3 Å². The van der Waals surface area contributed by atoms with Crippen molar-refractivity contribution < 1.29 is 4.92 Å². The van der Waals surface area contributed by atoms with E-state index >= 15 is 0 Å². The highest BCUT2D eigenvalue weighted by atomic mass is 16.6. The third-order valence-electron chi connectivity index (χ3n) is 3.49. The molecule has 4 nitrogen and oxygen atoms in total. The molecular weight excluding hydrogens is 264 g/mol. The fourth-order valence-corrected chi connectivity index (χ4v) is 2.20. The van der Waals surface area contributed by atoms with E-state index in [1.165, 1.54) is 5.56 Å². The molecule has 0 bridgehead atoms. The van der Waals surface area contributed by atoms with Gasteiger partial charge < -0.3 is 0 Å². The van der Waals surface area contributed by atoms with Gasteiger partial charge in [-0.25, -0.2) is 0 Å². The van der Waals surface area contributed by atoms with Crippen LogP contribution in [-0.2, 0) is 13.1 Å². The lowest BCUT2D eigenvalue weighted by atomic mass is 10.1. The summed E-state index contributed by atoms with van der Waals surface area (Å²) in [5, 5.41) is 10.7. The number of non-ortho nitro benzene ring substituents is 1. The molecule has 0 heterocycles. The average Bonchev–Trinajstić information content (AvgIpc) is 2.48. The molecule has 2 aromatic carbocycles. The fraction of sp³-hybridized carbons (Fsp3) is 0.294. The van der Waals surface area contributed by atoms with E-state index in [0.29, 0.717) is 6.04 Å². The molecule has 0 amide bonds. The zero-order valence-corrected chi connectivity index (χ0v) is 12.4. The Hall–Kier alpha value is -2.20. The van der Waals surface area contributed by atoms with Gasteiger partial charge in [0.15, 0.2) is 0 Å². The van der Waals surface area contributed by atoms with Crippen molar-refractivity contribution in [2.45, 2.75) is 33.0 Å². The zero-order valence-electron chi connectivity index (χ0n) is 12.4. The average molecular weight is 284 g/mol. The Bertz CT molecular complexity index is 579. The van der Waals surface area contributed by atoms with Gasteiger partial charge in [-0.1, -0.05) is 42.5 Å². The van der Waals surface area contributed by atoms with E-state index in [1.807, 2.05) is 30.3 Å². The van der Waals surface area contributed by atoms with Crippen molar-refractivity contribution in [3.05, 3.63) is 75.8 Å². The summed E-state index contributed by atoms with van der Waals surface area (Å²) in [6.07, 6.45) is 0. The molecule has 0 aromatic heterocycles. The molecule has 2 aromatic rings. The third kappa shape index (κ3) is 4.39. The molecule has 0 radical (unpaired) electrons. The SMILES string of the molecule is CC(C)N(Cc1ccccc1)Cc1ccc([N+](=O)[O-])cc1. The van der Waals surface area contributed by atoms with Gasteiger partial charge in [-0.3, -0.25) is 15.0 Å². The van der Waals surface area contributed by atoms with Gasteiger partial charge in [0.2, 0.25) is 0 Å². The molecule has 2 rings (SSSR count). The smallest absolute Gasteiger partial charge is 0.269 e. The number of hydrogen-bond donors (Lipinski definition) is 0. The largest absolute Gasteiger partial charge is 0.292 e. The Labute approximate surface area is 125 Å².